The number of rotatable bonds is 4. The summed E-state index contributed by atoms with van der Waals surface area (Å²) in [5.41, 5.74) is 5.01. The first-order valence-electron chi connectivity index (χ1n) is 6.33. The quantitative estimate of drug-likeness (QED) is 0.880. The highest BCUT2D eigenvalue weighted by Gasteiger charge is 2.40. The molecule has 0 radical (unpaired) electrons. The Labute approximate surface area is 126 Å². The summed E-state index contributed by atoms with van der Waals surface area (Å²) in [5, 5.41) is 4.49. The monoisotopic (exact) mass is 343 g/mol. The maximum atomic E-state index is 11.7. The molecule has 0 aromatic carbocycles. The van der Waals surface area contributed by atoms with Gasteiger partial charge in [-0.2, -0.15) is 0 Å². The number of pyridine rings is 1. The van der Waals surface area contributed by atoms with Crippen LogP contribution in [0.4, 0.5) is 0 Å². The van der Waals surface area contributed by atoms with E-state index in [0.717, 1.165) is 35.2 Å². The van der Waals surface area contributed by atoms with Crippen LogP contribution in [0.15, 0.2) is 27.8 Å². The lowest BCUT2D eigenvalue weighted by Crippen LogP contribution is -2.57. The number of carbonyl (C=O) groups is 1. The Bertz CT molecular complexity index is 454. The van der Waals surface area contributed by atoms with Crippen LogP contribution in [-0.2, 0) is 4.79 Å². The number of halogens is 1. The Kier molecular flexibility index (Phi) is 4.86. The molecule has 1 aliphatic rings. The molecule has 0 saturated heterocycles. The van der Waals surface area contributed by atoms with Gasteiger partial charge >= 0.3 is 0 Å². The van der Waals surface area contributed by atoms with E-state index in [-0.39, 0.29) is 5.91 Å². The molecule has 6 heteroatoms. The van der Waals surface area contributed by atoms with Crippen LogP contribution < -0.4 is 11.1 Å². The first-order chi connectivity index (χ1) is 9.05. The van der Waals surface area contributed by atoms with Crippen LogP contribution >= 0.6 is 27.7 Å². The molecule has 19 heavy (non-hydrogen) atoms. The number of nitrogens with two attached hydrogens (primary N) is 1. The van der Waals surface area contributed by atoms with Crippen molar-refractivity contribution in [2.75, 3.05) is 7.05 Å². The van der Waals surface area contributed by atoms with Crippen molar-refractivity contribution in [3.8, 4) is 0 Å². The van der Waals surface area contributed by atoms with Crippen LogP contribution in [0.3, 0.4) is 0 Å². The van der Waals surface area contributed by atoms with Crippen molar-refractivity contribution < 1.29 is 4.79 Å². The molecular formula is C13H18BrN3OS. The van der Waals surface area contributed by atoms with Crippen LogP contribution in [0.1, 0.15) is 25.7 Å². The molecule has 3 N–H and O–H groups in total. The lowest BCUT2D eigenvalue weighted by atomic mass is 9.81. The number of hydrogen-bond acceptors (Lipinski definition) is 4. The molecule has 1 heterocycles. The van der Waals surface area contributed by atoms with Gasteiger partial charge in [0.2, 0.25) is 5.91 Å². The van der Waals surface area contributed by atoms with Gasteiger partial charge in [0.25, 0.3) is 0 Å². The normalized spacial score (nSPS) is 27.2. The van der Waals surface area contributed by atoms with E-state index in [0.29, 0.717) is 5.25 Å². The zero-order chi connectivity index (χ0) is 13.9. The summed E-state index contributed by atoms with van der Waals surface area (Å²) < 4.78 is 0.974. The summed E-state index contributed by atoms with van der Waals surface area (Å²) in [6.45, 7) is 0. The van der Waals surface area contributed by atoms with E-state index in [1.165, 1.54) is 0 Å². The molecule has 1 aromatic rings. The molecule has 0 spiro atoms. The topological polar surface area (TPSA) is 68.0 Å². The van der Waals surface area contributed by atoms with Gasteiger partial charge in [0.05, 0.1) is 10.6 Å². The number of amides is 1. The van der Waals surface area contributed by atoms with E-state index in [4.69, 9.17) is 5.73 Å². The second kappa shape index (κ2) is 6.24. The second-order valence-electron chi connectivity index (χ2n) is 4.85. The number of aromatic nitrogens is 1. The SMILES string of the molecule is CNC1(C(N)=O)CCCC(Sc2ccc(Br)cn2)C1. The summed E-state index contributed by atoms with van der Waals surface area (Å²) in [6.07, 6.45) is 5.49. The fraction of sp³-hybridized carbons (Fsp3) is 0.538. The second-order valence-corrected chi connectivity index (χ2v) is 7.08. The zero-order valence-corrected chi connectivity index (χ0v) is 13.3. The Morgan fingerprint density at radius 2 is 2.42 bits per heavy atom. The van der Waals surface area contributed by atoms with Crippen molar-refractivity contribution in [2.24, 2.45) is 5.73 Å². The Balaban J connectivity index is 2.05. The molecule has 0 aliphatic heterocycles. The van der Waals surface area contributed by atoms with Crippen LogP contribution in [0.2, 0.25) is 0 Å². The van der Waals surface area contributed by atoms with Crippen LogP contribution in [0.25, 0.3) is 0 Å². The average Bonchev–Trinajstić information content (AvgIpc) is 2.41. The van der Waals surface area contributed by atoms with Crippen molar-refractivity contribution in [3.05, 3.63) is 22.8 Å². The van der Waals surface area contributed by atoms with Gasteiger partial charge in [-0.15, -0.1) is 11.8 Å². The molecule has 2 unspecified atom stereocenters. The van der Waals surface area contributed by atoms with Gasteiger partial charge in [0.15, 0.2) is 0 Å². The van der Waals surface area contributed by atoms with E-state index in [9.17, 15) is 4.79 Å². The van der Waals surface area contributed by atoms with E-state index in [1.54, 1.807) is 18.0 Å². The Morgan fingerprint density at radius 3 is 3.00 bits per heavy atom. The number of nitrogens with one attached hydrogen (secondary N) is 1. The molecule has 1 fully saturated rings. The molecule has 2 atom stereocenters. The fourth-order valence-electron chi connectivity index (χ4n) is 2.50. The number of primary amides is 1. The summed E-state index contributed by atoms with van der Waals surface area (Å²) in [7, 11) is 1.82. The highest BCUT2D eigenvalue weighted by atomic mass is 79.9. The number of nitrogens with zero attached hydrogens (tertiary/aromatic N) is 1. The van der Waals surface area contributed by atoms with Gasteiger partial charge in [-0.05, 0) is 60.8 Å². The van der Waals surface area contributed by atoms with Crippen LogP contribution in [-0.4, -0.2) is 28.7 Å². The van der Waals surface area contributed by atoms with Gasteiger partial charge in [-0.1, -0.05) is 0 Å². The number of likely N-dealkylation sites (N-methyl/N-ethyl adjacent to an activating group) is 1. The number of hydrogen-bond donors (Lipinski definition) is 2. The average molecular weight is 344 g/mol. The van der Waals surface area contributed by atoms with Gasteiger partial charge in [0, 0.05) is 15.9 Å². The summed E-state index contributed by atoms with van der Waals surface area (Å²) in [6, 6.07) is 3.98. The molecule has 0 bridgehead atoms. The number of thioether (sulfide) groups is 1. The van der Waals surface area contributed by atoms with Gasteiger partial charge in [-0.25, -0.2) is 4.98 Å². The van der Waals surface area contributed by atoms with Crippen molar-refractivity contribution in [1.29, 1.82) is 0 Å². The van der Waals surface area contributed by atoms with E-state index in [1.807, 2.05) is 19.2 Å². The minimum atomic E-state index is -0.550. The highest BCUT2D eigenvalue weighted by Crippen LogP contribution is 2.37. The molecular weight excluding hydrogens is 326 g/mol. The van der Waals surface area contributed by atoms with Crippen molar-refractivity contribution in [1.82, 2.24) is 10.3 Å². The molecule has 1 aromatic heterocycles. The smallest absolute Gasteiger partial charge is 0.237 e. The maximum absolute atomic E-state index is 11.7. The van der Waals surface area contributed by atoms with Crippen LogP contribution in [0.5, 0.6) is 0 Å². The molecule has 1 saturated carbocycles. The maximum Gasteiger partial charge on any atom is 0.237 e. The number of carbonyl (C=O) groups excluding carboxylic acids is 1. The largest absolute Gasteiger partial charge is 0.368 e. The highest BCUT2D eigenvalue weighted by molar-refractivity contribution is 9.10. The summed E-state index contributed by atoms with van der Waals surface area (Å²) >= 11 is 5.10. The lowest BCUT2D eigenvalue weighted by Gasteiger charge is -2.37. The summed E-state index contributed by atoms with van der Waals surface area (Å²) in [5.74, 6) is -0.246. The van der Waals surface area contributed by atoms with E-state index >= 15 is 0 Å². The molecule has 104 valence electrons. The predicted molar refractivity (Wildman–Crippen MR) is 81.0 cm³/mol. The minimum absolute atomic E-state index is 0.246. The molecule has 1 amide bonds. The zero-order valence-electron chi connectivity index (χ0n) is 10.9. The van der Waals surface area contributed by atoms with Gasteiger partial charge in [0.1, 0.15) is 0 Å². The van der Waals surface area contributed by atoms with Crippen molar-refractivity contribution in [3.63, 3.8) is 0 Å². The van der Waals surface area contributed by atoms with E-state index in [2.05, 4.69) is 26.2 Å². The van der Waals surface area contributed by atoms with Gasteiger partial charge in [-0.3, -0.25) is 4.79 Å². The Morgan fingerprint density at radius 1 is 1.63 bits per heavy atom. The van der Waals surface area contributed by atoms with Crippen molar-refractivity contribution >= 4 is 33.6 Å². The first-order valence-corrected chi connectivity index (χ1v) is 8.00. The minimum Gasteiger partial charge on any atom is -0.368 e. The first kappa shape index (κ1) is 14.8. The molecule has 4 nitrogen and oxygen atoms in total. The molecule has 1 aliphatic carbocycles. The third-order valence-corrected chi connectivity index (χ3v) is 5.33. The van der Waals surface area contributed by atoms with E-state index < -0.39 is 5.54 Å². The standard InChI is InChI=1S/C13H18BrN3OS/c1-16-13(12(15)18)6-2-3-10(7-13)19-11-5-4-9(14)8-17-11/h4-5,8,10,16H,2-3,6-7H2,1H3,(H2,15,18). The Hall–Kier alpha value is -0.590. The fourth-order valence-corrected chi connectivity index (χ4v) is 3.99. The van der Waals surface area contributed by atoms with Crippen LogP contribution in [0, 0.1) is 0 Å². The van der Waals surface area contributed by atoms with Gasteiger partial charge < -0.3 is 11.1 Å². The lowest BCUT2D eigenvalue weighted by molar-refractivity contribution is -0.125. The third kappa shape index (κ3) is 3.49. The van der Waals surface area contributed by atoms with Crippen molar-refractivity contribution in [2.45, 2.75) is 41.5 Å². The molecule has 2 rings (SSSR count). The summed E-state index contributed by atoms with van der Waals surface area (Å²) in [4.78, 5) is 16.0. The predicted octanol–water partition coefficient (Wildman–Crippen LogP) is 2.32. The third-order valence-electron chi connectivity index (χ3n) is 3.64.